The highest BCUT2D eigenvalue weighted by molar-refractivity contribution is 6.19. The van der Waals surface area contributed by atoms with Crippen LogP contribution in [0.2, 0.25) is 0 Å². The minimum absolute atomic E-state index is 0.899. The van der Waals surface area contributed by atoms with Crippen LogP contribution < -0.4 is 0 Å². The minimum atomic E-state index is 0.899. The molecule has 5 nitrogen and oxygen atoms in total. The van der Waals surface area contributed by atoms with Crippen LogP contribution in [0.3, 0.4) is 0 Å². The third-order valence-electron chi connectivity index (χ3n) is 8.69. The van der Waals surface area contributed by atoms with Crippen molar-refractivity contribution in [3.63, 3.8) is 0 Å². The predicted octanol–water partition coefficient (Wildman–Crippen LogP) is 10.4. The van der Waals surface area contributed by atoms with Gasteiger partial charge in [-0.2, -0.15) is 0 Å². The number of pyridine rings is 3. The Kier molecular flexibility index (Phi) is 6.06. The highest BCUT2D eigenvalue weighted by Gasteiger charge is 2.17. The van der Waals surface area contributed by atoms with Crippen LogP contribution in [-0.4, -0.2) is 19.5 Å². The molecule has 0 N–H and O–H groups in total. The lowest BCUT2D eigenvalue weighted by molar-refractivity contribution is 0.619. The van der Waals surface area contributed by atoms with Gasteiger partial charge < -0.3 is 8.98 Å². The van der Waals surface area contributed by atoms with E-state index in [0.717, 1.165) is 77.8 Å². The molecule has 46 heavy (non-hydrogen) atoms. The molecule has 0 aliphatic heterocycles. The van der Waals surface area contributed by atoms with E-state index >= 15 is 0 Å². The average Bonchev–Trinajstić information content (AvgIpc) is 3.75. The van der Waals surface area contributed by atoms with Gasteiger partial charge in [0.15, 0.2) is 0 Å². The van der Waals surface area contributed by atoms with Crippen molar-refractivity contribution in [1.29, 1.82) is 0 Å². The second kappa shape index (κ2) is 10.7. The molecule has 0 unspecified atom stereocenters. The normalized spacial score (nSPS) is 11.5. The van der Waals surface area contributed by atoms with E-state index in [1.807, 2.05) is 55.1 Å². The molecular weight excluding hydrogens is 564 g/mol. The summed E-state index contributed by atoms with van der Waals surface area (Å²) in [5, 5.41) is 3.39. The smallest absolute Gasteiger partial charge is 0.143 e. The number of hydrogen-bond acceptors (Lipinski definition) is 4. The average molecular weight is 591 g/mol. The van der Waals surface area contributed by atoms with Crippen molar-refractivity contribution in [2.24, 2.45) is 0 Å². The Hall–Kier alpha value is -6.33. The van der Waals surface area contributed by atoms with Crippen LogP contribution >= 0.6 is 0 Å². The molecule has 4 aromatic carbocycles. The van der Waals surface area contributed by atoms with Crippen molar-refractivity contribution in [2.45, 2.75) is 0 Å². The van der Waals surface area contributed by atoms with Crippen LogP contribution in [0.15, 0.2) is 163 Å². The number of para-hydroxylation sites is 1. The lowest BCUT2D eigenvalue weighted by atomic mass is 9.98. The molecule has 0 bridgehead atoms. The summed E-state index contributed by atoms with van der Waals surface area (Å²) < 4.78 is 8.31. The van der Waals surface area contributed by atoms with Gasteiger partial charge in [-0.25, -0.2) is 4.98 Å². The molecule has 0 atom stereocenters. The first kappa shape index (κ1) is 26.1. The maximum atomic E-state index is 5.99. The van der Waals surface area contributed by atoms with Crippen molar-refractivity contribution in [3.8, 4) is 50.5 Å². The van der Waals surface area contributed by atoms with Gasteiger partial charge in [-0.05, 0) is 95.1 Å². The molecular formula is C41H26N4O. The molecule has 0 amide bonds. The summed E-state index contributed by atoms with van der Waals surface area (Å²) in [6, 6.07) is 44.6. The van der Waals surface area contributed by atoms with Crippen molar-refractivity contribution in [3.05, 3.63) is 158 Å². The number of nitrogens with zero attached hydrogens (tertiary/aromatic N) is 4. The van der Waals surface area contributed by atoms with E-state index in [0.29, 0.717) is 0 Å². The summed E-state index contributed by atoms with van der Waals surface area (Å²) in [7, 11) is 0. The minimum Gasteiger partial charge on any atom is -0.464 e. The molecule has 0 fully saturated rings. The molecule has 0 radical (unpaired) electrons. The zero-order chi connectivity index (χ0) is 30.5. The van der Waals surface area contributed by atoms with Gasteiger partial charge in [0.2, 0.25) is 0 Å². The van der Waals surface area contributed by atoms with Gasteiger partial charge in [-0.3, -0.25) is 9.97 Å². The van der Waals surface area contributed by atoms with E-state index in [-0.39, 0.29) is 0 Å². The highest BCUT2D eigenvalue weighted by Crippen LogP contribution is 2.38. The topological polar surface area (TPSA) is 56.7 Å². The maximum Gasteiger partial charge on any atom is 0.143 e. The summed E-state index contributed by atoms with van der Waals surface area (Å²) in [6.07, 6.45) is 9.04. The Bertz CT molecular complexity index is 2510. The van der Waals surface area contributed by atoms with Crippen molar-refractivity contribution in [1.82, 2.24) is 19.5 Å². The zero-order valence-electron chi connectivity index (χ0n) is 24.7. The van der Waals surface area contributed by atoms with Gasteiger partial charge in [0.25, 0.3) is 0 Å². The van der Waals surface area contributed by atoms with Crippen LogP contribution in [0.25, 0.3) is 83.2 Å². The maximum absolute atomic E-state index is 5.99. The van der Waals surface area contributed by atoms with E-state index < -0.39 is 0 Å². The summed E-state index contributed by atoms with van der Waals surface area (Å²) in [6.45, 7) is 0. The first-order valence-corrected chi connectivity index (χ1v) is 15.2. The van der Waals surface area contributed by atoms with Crippen LogP contribution in [0.4, 0.5) is 0 Å². The second-order valence-electron chi connectivity index (χ2n) is 11.4. The summed E-state index contributed by atoms with van der Waals surface area (Å²) in [4.78, 5) is 13.6. The first-order valence-electron chi connectivity index (χ1n) is 15.2. The fourth-order valence-electron chi connectivity index (χ4n) is 6.48. The van der Waals surface area contributed by atoms with Gasteiger partial charge in [-0.1, -0.05) is 54.6 Å². The molecule has 5 heteroatoms. The Morgan fingerprint density at radius 3 is 1.93 bits per heavy atom. The van der Waals surface area contributed by atoms with Gasteiger partial charge >= 0.3 is 0 Å². The molecule has 0 saturated carbocycles. The Balaban J connectivity index is 1.21. The van der Waals surface area contributed by atoms with Crippen LogP contribution in [-0.2, 0) is 0 Å². The summed E-state index contributed by atoms with van der Waals surface area (Å²) >= 11 is 0. The fourth-order valence-corrected chi connectivity index (χ4v) is 6.48. The van der Waals surface area contributed by atoms with Crippen molar-refractivity contribution < 1.29 is 4.42 Å². The molecule has 5 heterocycles. The largest absolute Gasteiger partial charge is 0.464 e. The van der Waals surface area contributed by atoms with Gasteiger partial charge in [0, 0.05) is 52.4 Å². The standard InChI is InChI=1S/C41H26N4O/c1-2-7-38-35(6-1)40-39(13-12-31-18-23-46-41(31)40)45(38)34-5-3-4-32(24-34)37-26-33(25-36(44-37)30-16-21-43-22-17-30)28-10-8-27(9-11-28)29-14-19-42-20-15-29/h1-26H. The third kappa shape index (κ3) is 4.37. The number of hydrogen-bond donors (Lipinski definition) is 0. The Morgan fingerprint density at radius 2 is 1.15 bits per heavy atom. The SMILES string of the molecule is c1cc(-c2cc(-c3ccc(-c4ccncc4)cc3)cc(-c3ccncc3)n2)cc(-n2c3ccccc3c3c4occc4ccc32)c1. The van der Waals surface area contributed by atoms with Crippen LogP contribution in [0, 0.1) is 0 Å². The number of aromatic nitrogens is 4. The lowest BCUT2D eigenvalue weighted by Crippen LogP contribution is -1.96. The molecule has 9 aromatic rings. The predicted molar refractivity (Wildman–Crippen MR) is 186 cm³/mol. The Labute approximate surface area is 265 Å². The second-order valence-corrected chi connectivity index (χ2v) is 11.4. The van der Waals surface area contributed by atoms with E-state index in [4.69, 9.17) is 9.40 Å². The molecule has 216 valence electrons. The van der Waals surface area contributed by atoms with Crippen LogP contribution in [0.1, 0.15) is 0 Å². The van der Waals surface area contributed by atoms with Crippen LogP contribution in [0.5, 0.6) is 0 Å². The summed E-state index contributed by atoms with van der Waals surface area (Å²) in [5.74, 6) is 0. The molecule has 9 rings (SSSR count). The van der Waals surface area contributed by atoms with Crippen molar-refractivity contribution in [2.75, 3.05) is 0 Å². The molecule has 0 spiro atoms. The first-order chi connectivity index (χ1) is 22.8. The lowest BCUT2D eigenvalue weighted by Gasteiger charge is -2.13. The molecule has 0 saturated heterocycles. The monoisotopic (exact) mass is 590 g/mol. The molecule has 0 aliphatic rings. The van der Waals surface area contributed by atoms with Crippen molar-refractivity contribution >= 4 is 32.8 Å². The number of rotatable bonds is 5. The fraction of sp³-hybridized carbons (Fsp3) is 0. The molecule has 5 aromatic heterocycles. The third-order valence-corrected chi connectivity index (χ3v) is 8.69. The van der Waals surface area contributed by atoms with E-state index in [9.17, 15) is 0 Å². The van der Waals surface area contributed by atoms with E-state index in [1.54, 1.807) is 6.26 Å². The van der Waals surface area contributed by atoms with Gasteiger partial charge in [0.05, 0.1) is 34.1 Å². The summed E-state index contributed by atoms with van der Waals surface area (Å²) in [5.41, 5.74) is 12.6. The van der Waals surface area contributed by atoms with E-state index in [1.165, 1.54) is 5.39 Å². The van der Waals surface area contributed by atoms with Gasteiger partial charge in [0.1, 0.15) is 5.58 Å². The van der Waals surface area contributed by atoms with E-state index in [2.05, 4.69) is 112 Å². The van der Waals surface area contributed by atoms with Gasteiger partial charge in [-0.15, -0.1) is 0 Å². The molecule has 0 aliphatic carbocycles. The number of benzene rings is 4. The Morgan fingerprint density at radius 1 is 0.478 bits per heavy atom. The quantitative estimate of drug-likeness (QED) is 0.200. The zero-order valence-corrected chi connectivity index (χ0v) is 24.7. The number of furan rings is 1. The number of fused-ring (bicyclic) bond motifs is 5. The highest BCUT2D eigenvalue weighted by atomic mass is 16.3.